The van der Waals surface area contributed by atoms with Gasteiger partial charge in [0.25, 0.3) is 0 Å². The molecule has 0 spiro atoms. The van der Waals surface area contributed by atoms with Gasteiger partial charge in [-0.3, -0.25) is 4.68 Å². The van der Waals surface area contributed by atoms with Crippen molar-refractivity contribution in [2.45, 2.75) is 39.9 Å². The van der Waals surface area contributed by atoms with Crippen molar-refractivity contribution >= 4 is 5.82 Å². The molecule has 0 saturated carbocycles. The van der Waals surface area contributed by atoms with Crippen LogP contribution >= 0.6 is 0 Å². The van der Waals surface area contributed by atoms with Crippen molar-refractivity contribution in [2.24, 2.45) is 0 Å². The van der Waals surface area contributed by atoms with E-state index in [-0.39, 0.29) is 5.95 Å². The molecule has 1 N–H and O–H groups in total. The molecule has 0 bridgehead atoms. The van der Waals surface area contributed by atoms with Gasteiger partial charge in [-0.15, -0.1) is 0 Å². The van der Waals surface area contributed by atoms with Crippen molar-refractivity contribution in [1.29, 1.82) is 0 Å². The smallest absolute Gasteiger partial charge is 0.216 e. The van der Waals surface area contributed by atoms with E-state index in [1.807, 2.05) is 23.9 Å². The Morgan fingerprint density at radius 1 is 1.39 bits per heavy atom. The lowest BCUT2D eigenvalue weighted by Crippen LogP contribution is -2.05. The molecule has 0 aromatic carbocycles. The first-order valence-corrected chi connectivity index (χ1v) is 6.22. The molecule has 0 amide bonds. The molecule has 0 radical (unpaired) electrons. The van der Waals surface area contributed by atoms with E-state index < -0.39 is 0 Å². The number of rotatable bonds is 6. The van der Waals surface area contributed by atoms with E-state index in [2.05, 4.69) is 22.4 Å². The number of anilines is 1. The van der Waals surface area contributed by atoms with Crippen LogP contribution < -0.4 is 5.32 Å². The molecule has 2 heterocycles. The highest BCUT2D eigenvalue weighted by atomic mass is 19.1. The molecule has 18 heavy (non-hydrogen) atoms. The van der Waals surface area contributed by atoms with E-state index in [9.17, 15) is 4.39 Å². The van der Waals surface area contributed by atoms with Gasteiger partial charge in [0.15, 0.2) is 0 Å². The highest BCUT2D eigenvalue weighted by molar-refractivity contribution is 5.33. The van der Waals surface area contributed by atoms with Crippen molar-refractivity contribution in [3.8, 4) is 0 Å². The second-order valence-corrected chi connectivity index (χ2v) is 4.09. The predicted octanol–water partition coefficient (Wildman–Crippen LogP) is 2.26. The zero-order chi connectivity index (χ0) is 13.0. The van der Waals surface area contributed by atoms with Crippen LogP contribution in [0, 0.1) is 5.95 Å². The lowest BCUT2D eigenvalue weighted by molar-refractivity contribution is 0.465. The maximum absolute atomic E-state index is 13.7. The molecule has 0 fully saturated rings. The molecule has 98 valence electrons. The van der Waals surface area contributed by atoms with Crippen LogP contribution in [0.25, 0.3) is 0 Å². The molecule has 2 aromatic heterocycles. The number of hydrogen-bond donors (Lipinski definition) is 1. The van der Waals surface area contributed by atoms with Gasteiger partial charge >= 0.3 is 0 Å². The zero-order valence-electron chi connectivity index (χ0n) is 10.7. The zero-order valence-corrected chi connectivity index (χ0v) is 10.7. The van der Waals surface area contributed by atoms with Gasteiger partial charge in [0, 0.05) is 37.5 Å². The van der Waals surface area contributed by atoms with E-state index in [1.165, 1.54) is 4.68 Å². The third-order valence-corrected chi connectivity index (χ3v) is 2.70. The van der Waals surface area contributed by atoms with Crippen LogP contribution in [0.3, 0.4) is 0 Å². The molecule has 2 rings (SSSR count). The number of nitrogens with zero attached hydrogens (tertiary/aromatic N) is 4. The lowest BCUT2D eigenvalue weighted by atomic mass is 10.3. The van der Waals surface area contributed by atoms with E-state index in [0.717, 1.165) is 18.8 Å². The first kappa shape index (κ1) is 12.6. The van der Waals surface area contributed by atoms with Crippen LogP contribution in [0.2, 0.25) is 0 Å². The Morgan fingerprint density at radius 3 is 2.89 bits per heavy atom. The third-order valence-electron chi connectivity index (χ3n) is 2.70. The highest BCUT2D eigenvalue weighted by Crippen LogP contribution is 2.10. The molecule has 0 saturated heterocycles. The van der Waals surface area contributed by atoms with Crippen molar-refractivity contribution in [1.82, 2.24) is 19.6 Å². The molecular formula is C12H18FN5. The summed E-state index contributed by atoms with van der Waals surface area (Å²) in [6.45, 7) is 5.79. The first-order chi connectivity index (χ1) is 8.74. The summed E-state index contributed by atoms with van der Waals surface area (Å²) >= 11 is 0. The number of aromatic nitrogens is 4. The van der Waals surface area contributed by atoms with E-state index >= 15 is 0 Å². The van der Waals surface area contributed by atoms with Crippen LogP contribution in [-0.4, -0.2) is 19.6 Å². The van der Waals surface area contributed by atoms with Gasteiger partial charge in [-0.2, -0.15) is 14.6 Å². The van der Waals surface area contributed by atoms with Gasteiger partial charge in [-0.1, -0.05) is 6.92 Å². The van der Waals surface area contributed by atoms with E-state index in [1.54, 1.807) is 6.20 Å². The minimum Gasteiger partial charge on any atom is -0.364 e. The Bertz CT molecular complexity index is 502. The summed E-state index contributed by atoms with van der Waals surface area (Å²) in [6, 6.07) is 1.89. The summed E-state index contributed by atoms with van der Waals surface area (Å²) in [6.07, 6.45) is 4.51. The number of aryl methyl sites for hydroxylation is 2. The summed E-state index contributed by atoms with van der Waals surface area (Å²) in [5, 5.41) is 11.4. The Hall–Kier alpha value is -1.85. The average Bonchev–Trinajstić information content (AvgIpc) is 2.94. The fraction of sp³-hybridized carbons (Fsp3) is 0.500. The maximum Gasteiger partial charge on any atom is 0.216 e. The molecule has 0 aliphatic rings. The minimum absolute atomic E-state index is 0.280. The lowest BCUT2D eigenvalue weighted by Gasteiger charge is -2.01. The van der Waals surface area contributed by atoms with E-state index in [0.29, 0.717) is 18.7 Å². The van der Waals surface area contributed by atoms with Crippen LogP contribution in [0.1, 0.15) is 25.8 Å². The summed E-state index contributed by atoms with van der Waals surface area (Å²) in [4.78, 5) is 0. The largest absolute Gasteiger partial charge is 0.364 e. The number of nitrogens with one attached hydrogen (secondary N) is 1. The Kier molecular flexibility index (Phi) is 3.96. The number of hydrogen-bond acceptors (Lipinski definition) is 3. The average molecular weight is 251 g/mol. The molecule has 0 aliphatic heterocycles. The summed E-state index contributed by atoms with van der Waals surface area (Å²) < 4.78 is 16.9. The highest BCUT2D eigenvalue weighted by Gasteiger charge is 2.09. The second kappa shape index (κ2) is 5.66. The SMILES string of the molecule is CCCn1ccc(NCc2cnn(CC)c2F)n1. The van der Waals surface area contributed by atoms with Crippen molar-refractivity contribution in [2.75, 3.05) is 5.32 Å². The van der Waals surface area contributed by atoms with Crippen LogP contribution in [-0.2, 0) is 19.6 Å². The Morgan fingerprint density at radius 2 is 2.22 bits per heavy atom. The molecular weight excluding hydrogens is 233 g/mol. The Labute approximate surface area is 106 Å². The topological polar surface area (TPSA) is 47.7 Å². The molecule has 2 aromatic rings. The standard InChI is InChI=1S/C12H18FN5/c1-3-6-17-7-5-11(16-17)14-8-10-9-15-18(4-2)12(10)13/h5,7,9H,3-4,6,8H2,1-2H3,(H,14,16). The quantitative estimate of drug-likeness (QED) is 0.856. The van der Waals surface area contributed by atoms with Gasteiger partial charge in [0.2, 0.25) is 5.95 Å². The van der Waals surface area contributed by atoms with Gasteiger partial charge < -0.3 is 5.32 Å². The van der Waals surface area contributed by atoms with Gasteiger partial charge in [0.05, 0.1) is 6.20 Å². The minimum atomic E-state index is -0.280. The summed E-state index contributed by atoms with van der Waals surface area (Å²) in [5.41, 5.74) is 0.557. The molecule has 5 nitrogen and oxygen atoms in total. The summed E-state index contributed by atoms with van der Waals surface area (Å²) in [7, 11) is 0. The fourth-order valence-electron chi connectivity index (χ4n) is 1.74. The van der Waals surface area contributed by atoms with Crippen LogP contribution in [0.4, 0.5) is 10.2 Å². The normalized spacial score (nSPS) is 10.8. The molecule has 0 atom stereocenters. The second-order valence-electron chi connectivity index (χ2n) is 4.09. The summed E-state index contributed by atoms with van der Waals surface area (Å²) in [5.74, 6) is 0.477. The monoisotopic (exact) mass is 251 g/mol. The van der Waals surface area contributed by atoms with Crippen molar-refractivity contribution in [3.05, 3.63) is 30.0 Å². The fourth-order valence-corrected chi connectivity index (χ4v) is 1.74. The molecule has 0 unspecified atom stereocenters. The van der Waals surface area contributed by atoms with Gasteiger partial charge in [-0.05, 0) is 13.3 Å². The molecule has 6 heteroatoms. The van der Waals surface area contributed by atoms with Gasteiger partial charge in [0.1, 0.15) is 5.82 Å². The third kappa shape index (κ3) is 2.69. The van der Waals surface area contributed by atoms with Crippen LogP contribution in [0.5, 0.6) is 0 Å². The maximum atomic E-state index is 13.7. The van der Waals surface area contributed by atoms with Crippen molar-refractivity contribution < 1.29 is 4.39 Å². The number of halogens is 1. The predicted molar refractivity (Wildman–Crippen MR) is 67.7 cm³/mol. The van der Waals surface area contributed by atoms with Crippen molar-refractivity contribution in [3.63, 3.8) is 0 Å². The first-order valence-electron chi connectivity index (χ1n) is 6.22. The molecule has 0 aliphatic carbocycles. The Balaban J connectivity index is 1.95. The van der Waals surface area contributed by atoms with E-state index in [4.69, 9.17) is 0 Å². The van der Waals surface area contributed by atoms with Crippen LogP contribution in [0.15, 0.2) is 18.5 Å². The van der Waals surface area contributed by atoms with Gasteiger partial charge in [-0.25, -0.2) is 4.68 Å².